The lowest BCUT2D eigenvalue weighted by molar-refractivity contribution is 1.05. The van der Waals surface area contributed by atoms with Crippen molar-refractivity contribution in [3.63, 3.8) is 0 Å². The van der Waals surface area contributed by atoms with E-state index >= 15 is 0 Å². The second-order valence-electron chi connectivity index (χ2n) is 5.56. The number of nitrogens with zero attached hydrogens (tertiary/aromatic N) is 3. The summed E-state index contributed by atoms with van der Waals surface area (Å²) >= 11 is 0. The van der Waals surface area contributed by atoms with Gasteiger partial charge in [0.2, 0.25) is 0 Å². The average molecular weight is 299 g/mol. The van der Waals surface area contributed by atoms with E-state index in [0.29, 0.717) is 6.54 Å². The van der Waals surface area contributed by atoms with E-state index in [0.717, 1.165) is 22.4 Å². The zero-order chi connectivity index (χ0) is 15.6. The molecule has 0 amide bonds. The Morgan fingerprint density at radius 2 is 1.57 bits per heavy atom. The molecule has 1 aliphatic heterocycles. The Balaban J connectivity index is 1.66. The third-order valence-electron chi connectivity index (χ3n) is 4.13. The molecule has 4 rings (SSSR count). The molecule has 23 heavy (non-hydrogen) atoms. The lowest BCUT2D eigenvalue weighted by Crippen LogP contribution is -2.47. The first-order valence-corrected chi connectivity index (χ1v) is 7.50. The lowest BCUT2D eigenvalue weighted by atomic mass is 9.66. The van der Waals surface area contributed by atoms with Crippen LogP contribution in [0.4, 0.5) is 11.4 Å². The van der Waals surface area contributed by atoms with Crippen molar-refractivity contribution < 1.29 is 0 Å². The minimum absolute atomic E-state index is 0.0176. The Morgan fingerprint density at radius 1 is 0.913 bits per heavy atom. The van der Waals surface area contributed by atoms with Gasteiger partial charge in [0.15, 0.2) is 0 Å². The Labute approximate surface area is 134 Å². The molecule has 0 saturated carbocycles. The number of hydrogen-bond acceptors (Lipinski definition) is 3. The van der Waals surface area contributed by atoms with Crippen LogP contribution in [0, 0.1) is 0 Å². The van der Waals surface area contributed by atoms with E-state index in [-0.39, 0.29) is 6.98 Å². The smallest absolute Gasteiger partial charge is 0.405 e. The number of benzene rings is 3. The second kappa shape index (κ2) is 5.59. The average Bonchev–Trinajstić information content (AvgIpc) is 2.61. The van der Waals surface area contributed by atoms with Gasteiger partial charge in [-0.15, -0.1) is 0 Å². The first kappa shape index (κ1) is 13.6. The molecule has 2 N–H and O–H groups in total. The predicted octanol–water partition coefficient (Wildman–Crippen LogP) is 3.88. The summed E-state index contributed by atoms with van der Waals surface area (Å²) in [4.78, 5) is 2.79. The van der Waals surface area contributed by atoms with Crippen LogP contribution in [0.25, 0.3) is 21.2 Å². The molecule has 1 aliphatic rings. The van der Waals surface area contributed by atoms with Gasteiger partial charge < -0.3 is 10.5 Å². The summed E-state index contributed by atoms with van der Waals surface area (Å²) in [6, 6.07) is 20.7. The molecule has 6 heteroatoms. The van der Waals surface area contributed by atoms with Gasteiger partial charge in [0, 0.05) is 21.7 Å². The summed E-state index contributed by atoms with van der Waals surface area (Å²) in [6.07, 6.45) is 0. The van der Waals surface area contributed by atoms with Crippen LogP contribution in [0.15, 0.2) is 65.8 Å². The van der Waals surface area contributed by atoms with E-state index in [2.05, 4.69) is 69.0 Å². The summed E-state index contributed by atoms with van der Waals surface area (Å²) in [7, 11) is 0. The summed E-state index contributed by atoms with van der Waals surface area (Å²) in [5, 5.41) is 13.1. The molecule has 0 fully saturated rings. The van der Waals surface area contributed by atoms with Gasteiger partial charge >= 0.3 is 6.98 Å². The van der Waals surface area contributed by atoms with Gasteiger partial charge in [-0.25, -0.2) is 0 Å². The molecule has 0 radical (unpaired) electrons. The fraction of sp³-hybridized carbons (Fsp3) is 0.0588. The van der Waals surface area contributed by atoms with Crippen LogP contribution in [-0.4, -0.2) is 6.98 Å². The maximum Gasteiger partial charge on any atom is 0.406 e. The van der Waals surface area contributed by atoms with Gasteiger partial charge in [0.1, 0.15) is 0 Å². The summed E-state index contributed by atoms with van der Waals surface area (Å²) < 4.78 is 0. The van der Waals surface area contributed by atoms with Crippen molar-refractivity contribution in [3.05, 3.63) is 76.7 Å². The van der Waals surface area contributed by atoms with Crippen LogP contribution in [0.3, 0.4) is 0 Å². The molecular formula is C17H14BN5. The van der Waals surface area contributed by atoms with E-state index in [1.54, 1.807) is 0 Å². The first-order valence-electron chi connectivity index (χ1n) is 7.50. The van der Waals surface area contributed by atoms with Gasteiger partial charge in [-0.05, 0) is 34.1 Å². The van der Waals surface area contributed by atoms with Gasteiger partial charge in [-0.2, -0.15) is 0 Å². The molecule has 0 aliphatic carbocycles. The molecular weight excluding hydrogens is 285 g/mol. The molecule has 0 unspecified atom stereocenters. The third kappa shape index (κ3) is 2.45. The molecule has 5 nitrogen and oxygen atoms in total. The van der Waals surface area contributed by atoms with Crippen molar-refractivity contribution in [3.8, 4) is 0 Å². The fourth-order valence-electron chi connectivity index (χ4n) is 3.02. The van der Waals surface area contributed by atoms with Crippen LogP contribution < -0.4 is 15.9 Å². The molecule has 0 spiro atoms. The number of rotatable bonds is 3. The molecule has 0 aromatic heterocycles. The van der Waals surface area contributed by atoms with Crippen molar-refractivity contribution in [2.75, 3.05) is 10.5 Å². The highest BCUT2D eigenvalue weighted by atomic mass is 15.1. The zero-order valence-electron chi connectivity index (χ0n) is 12.4. The fourth-order valence-corrected chi connectivity index (χ4v) is 3.02. The van der Waals surface area contributed by atoms with E-state index in [9.17, 15) is 0 Å². The monoisotopic (exact) mass is 299 g/mol. The van der Waals surface area contributed by atoms with Gasteiger partial charge in [-0.1, -0.05) is 53.6 Å². The van der Waals surface area contributed by atoms with Crippen molar-refractivity contribution in [1.82, 2.24) is 0 Å². The summed E-state index contributed by atoms with van der Waals surface area (Å²) in [6.45, 7) is 0.397. The minimum Gasteiger partial charge on any atom is -0.405 e. The van der Waals surface area contributed by atoms with Crippen LogP contribution in [0.5, 0.6) is 0 Å². The van der Waals surface area contributed by atoms with Crippen molar-refractivity contribution >= 4 is 34.6 Å². The molecule has 3 aromatic carbocycles. The maximum atomic E-state index is 8.39. The SMILES string of the molecule is [N-]=[N+]=NCc1ccc(B2Nc3cccc4cccc(c34)N2)cc1. The van der Waals surface area contributed by atoms with Crippen LogP contribution >= 0.6 is 0 Å². The maximum absolute atomic E-state index is 8.39. The van der Waals surface area contributed by atoms with Crippen LogP contribution in [0.2, 0.25) is 0 Å². The lowest BCUT2D eigenvalue weighted by Gasteiger charge is -2.26. The number of nitrogens with one attached hydrogen (secondary N) is 2. The number of azide groups is 1. The molecule has 3 aromatic rings. The van der Waals surface area contributed by atoms with Crippen molar-refractivity contribution in [2.24, 2.45) is 5.11 Å². The van der Waals surface area contributed by atoms with Crippen LogP contribution in [-0.2, 0) is 6.54 Å². The van der Waals surface area contributed by atoms with E-state index < -0.39 is 0 Å². The first-order chi connectivity index (χ1) is 11.3. The highest BCUT2D eigenvalue weighted by molar-refractivity contribution is 6.80. The standard InChI is InChI=1S/C17H14BN5/c19-23-20-11-12-7-9-14(10-8-12)18-21-15-5-1-3-13-4-2-6-16(22-18)17(13)15/h1-10,21-22H,11H2. The molecule has 110 valence electrons. The Bertz CT molecular complexity index is 875. The topological polar surface area (TPSA) is 72.8 Å². The summed E-state index contributed by atoms with van der Waals surface area (Å²) in [5.74, 6) is 0. The van der Waals surface area contributed by atoms with E-state index in [4.69, 9.17) is 5.53 Å². The molecule has 0 bridgehead atoms. The number of anilines is 2. The highest BCUT2D eigenvalue weighted by Crippen LogP contribution is 2.33. The van der Waals surface area contributed by atoms with Gasteiger partial charge in [-0.3, -0.25) is 0 Å². The largest absolute Gasteiger partial charge is 0.406 e. The van der Waals surface area contributed by atoms with Crippen molar-refractivity contribution in [2.45, 2.75) is 6.54 Å². The Morgan fingerprint density at radius 3 is 2.17 bits per heavy atom. The predicted molar refractivity (Wildman–Crippen MR) is 95.9 cm³/mol. The number of hydrogen-bond donors (Lipinski definition) is 2. The summed E-state index contributed by atoms with van der Waals surface area (Å²) in [5.41, 5.74) is 12.8. The third-order valence-corrected chi connectivity index (χ3v) is 4.13. The molecule has 1 heterocycles. The molecule has 0 saturated heterocycles. The van der Waals surface area contributed by atoms with E-state index in [1.807, 2.05) is 12.1 Å². The highest BCUT2D eigenvalue weighted by Gasteiger charge is 2.24. The molecule has 0 atom stereocenters. The van der Waals surface area contributed by atoms with Crippen molar-refractivity contribution in [1.29, 1.82) is 0 Å². The quantitative estimate of drug-likeness (QED) is 0.333. The minimum atomic E-state index is 0.0176. The Hall–Kier alpha value is -3.11. The Kier molecular flexibility index (Phi) is 3.29. The second-order valence-corrected chi connectivity index (χ2v) is 5.56. The van der Waals surface area contributed by atoms with E-state index in [1.165, 1.54) is 10.8 Å². The normalized spacial score (nSPS) is 12.3. The van der Waals surface area contributed by atoms with Gasteiger partial charge in [0.05, 0.1) is 6.54 Å². The van der Waals surface area contributed by atoms with Crippen LogP contribution in [0.1, 0.15) is 5.56 Å². The van der Waals surface area contributed by atoms with Gasteiger partial charge in [0.25, 0.3) is 0 Å². The zero-order valence-corrected chi connectivity index (χ0v) is 12.4.